The van der Waals surface area contributed by atoms with Gasteiger partial charge in [-0.25, -0.2) is 0 Å². The van der Waals surface area contributed by atoms with E-state index in [9.17, 15) is 0 Å². The molecule has 2 rings (SSSR count). The topological polar surface area (TPSA) is 38.9 Å². The minimum Gasteiger partial charge on any atom is -0.322 e. The molecule has 1 saturated carbocycles. The molecule has 2 nitrogen and oxygen atoms in total. The van der Waals surface area contributed by atoms with Crippen molar-refractivity contribution < 1.29 is 0 Å². The third-order valence-corrected chi connectivity index (χ3v) is 4.53. The van der Waals surface area contributed by atoms with Crippen LogP contribution in [0.1, 0.15) is 63.3 Å². The van der Waals surface area contributed by atoms with Gasteiger partial charge < -0.3 is 5.73 Å². The molecule has 2 heteroatoms. The van der Waals surface area contributed by atoms with Crippen LogP contribution in [0.25, 0.3) is 0 Å². The number of aromatic nitrogens is 1. The first kappa shape index (κ1) is 13.5. The molecule has 100 valence electrons. The minimum atomic E-state index is 0.135. The Bertz CT molecular complexity index is 375. The summed E-state index contributed by atoms with van der Waals surface area (Å²) in [6.07, 6.45) is 9.50. The Kier molecular flexibility index (Phi) is 4.76. The number of pyridine rings is 1. The van der Waals surface area contributed by atoms with Crippen LogP contribution in [0.5, 0.6) is 0 Å². The van der Waals surface area contributed by atoms with E-state index in [0.29, 0.717) is 5.92 Å². The van der Waals surface area contributed by atoms with Crippen LogP contribution >= 0.6 is 0 Å². The summed E-state index contributed by atoms with van der Waals surface area (Å²) in [7, 11) is 0. The fraction of sp³-hybridized carbons (Fsp3) is 0.688. The zero-order valence-corrected chi connectivity index (χ0v) is 11.7. The smallest absolute Gasteiger partial charge is 0.0605 e. The van der Waals surface area contributed by atoms with Crippen molar-refractivity contribution in [3.05, 3.63) is 29.6 Å². The molecule has 0 aromatic carbocycles. The first-order chi connectivity index (χ1) is 8.76. The van der Waals surface area contributed by atoms with Gasteiger partial charge in [-0.15, -0.1) is 0 Å². The van der Waals surface area contributed by atoms with Crippen molar-refractivity contribution in [1.82, 2.24) is 4.98 Å². The standard InChI is InChI=1S/C16H26N2/c1-3-12-7-5-8-14(11-12)15(17)16-13(4-2)9-6-10-18-16/h6,9-10,12,14-15H,3-5,7-8,11,17H2,1-2H3. The third kappa shape index (κ3) is 2.92. The molecule has 18 heavy (non-hydrogen) atoms. The normalized spacial score (nSPS) is 25.9. The van der Waals surface area contributed by atoms with Gasteiger partial charge in [-0.2, -0.15) is 0 Å². The van der Waals surface area contributed by atoms with Crippen LogP contribution in [0.15, 0.2) is 18.3 Å². The van der Waals surface area contributed by atoms with Crippen molar-refractivity contribution in [2.45, 2.75) is 58.4 Å². The molecule has 1 fully saturated rings. The van der Waals surface area contributed by atoms with Crippen molar-refractivity contribution in [2.75, 3.05) is 0 Å². The maximum absolute atomic E-state index is 6.50. The highest BCUT2D eigenvalue weighted by Gasteiger charge is 2.28. The van der Waals surface area contributed by atoms with E-state index in [4.69, 9.17) is 5.73 Å². The number of rotatable bonds is 4. The van der Waals surface area contributed by atoms with E-state index in [1.807, 2.05) is 12.3 Å². The number of nitrogens with two attached hydrogens (primary N) is 1. The van der Waals surface area contributed by atoms with Gasteiger partial charge in [0, 0.05) is 6.20 Å². The van der Waals surface area contributed by atoms with Gasteiger partial charge in [0.15, 0.2) is 0 Å². The lowest BCUT2D eigenvalue weighted by atomic mass is 9.76. The van der Waals surface area contributed by atoms with Crippen molar-refractivity contribution in [2.24, 2.45) is 17.6 Å². The molecule has 0 saturated heterocycles. The second-order valence-electron chi connectivity index (χ2n) is 5.63. The predicted octanol–water partition coefficient (Wildman–Crippen LogP) is 3.86. The molecule has 1 aliphatic rings. The third-order valence-electron chi connectivity index (χ3n) is 4.53. The molecule has 0 amide bonds. The van der Waals surface area contributed by atoms with Crippen molar-refractivity contribution in [3.8, 4) is 0 Å². The molecule has 3 atom stereocenters. The van der Waals surface area contributed by atoms with E-state index in [2.05, 4.69) is 24.9 Å². The van der Waals surface area contributed by atoms with E-state index >= 15 is 0 Å². The van der Waals surface area contributed by atoms with Gasteiger partial charge in [-0.05, 0) is 42.7 Å². The van der Waals surface area contributed by atoms with Crippen LogP contribution < -0.4 is 5.73 Å². The molecule has 1 aromatic rings. The Morgan fingerprint density at radius 3 is 2.94 bits per heavy atom. The fourth-order valence-electron chi connectivity index (χ4n) is 3.30. The van der Waals surface area contributed by atoms with Gasteiger partial charge in [0.25, 0.3) is 0 Å². The number of nitrogens with zero attached hydrogens (tertiary/aromatic N) is 1. The molecule has 0 bridgehead atoms. The molecular formula is C16H26N2. The summed E-state index contributed by atoms with van der Waals surface area (Å²) in [6.45, 7) is 4.49. The Hall–Kier alpha value is -0.890. The molecule has 0 aliphatic heterocycles. The lowest BCUT2D eigenvalue weighted by Gasteiger charge is -2.32. The SMILES string of the molecule is CCc1cccnc1C(N)C1CCCC(CC)C1. The second kappa shape index (κ2) is 6.33. The largest absolute Gasteiger partial charge is 0.322 e. The van der Waals surface area contributed by atoms with Gasteiger partial charge in [-0.3, -0.25) is 4.98 Å². The van der Waals surface area contributed by atoms with Gasteiger partial charge in [0.2, 0.25) is 0 Å². The highest BCUT2D eigenvalue weighted by atomic mass is 14.8. The summed E-state index contributed by atoms with van der Waals surface area (Å²) in [5.41, 5.74) is 8.96. The van der Waals surface area contributed by atoms with E-state index < -0.39 is 0 Å². The summed E-state index contributed by atoms with van der Waals surface area (Å²) in [4.78, 5) is 4.55. The van der Waals surface area contributed by atoms with Crippen LogP contribution in [0.3, 0.4) is 0 Å². The van der Waals surface area contributed by atoms with Crippen LogP contribution in [0, 0.1) is 11.8 Å². The van der Waals surface area contributed by atoms with E-state index in [-0.39, 0.29) is 6.04 Å². The zero-order chi connectivity index (χ0) is 13.0. The number of hydrogen-bond acceptors (Lipinski definition) is 2. The Labute approximate surface area is 111 Å². The molecule has 3 unspecified atom stereocenters. The van der Waals surface area contributed by atoms with Crippen molar-refractivity contribution in [3.63, 3.8) is 0 Å². The van der Waals surface area contributed by atoms with Crippen molar-refractivity contribution in [1.29, 1.82) is 0 Å². The predicted molar refractivity (Wildman–Crippen MR) is 76.3 cm³/mol. The molecule has 2 N–H and O–H groups in total. The first-order valence-electron chi connectivity index (χ1n) is 7.45. The Morgan fingerprint density at radius 2 is 2.22 bits per heavy atom. The van der Waals surface area contributed by atoms with E-state index in [0.717, 1.165) is 18.0 Å². The summed E-state index contributed by atoms with van der Waals surface area (Å²) in [5, 5.41) is 0. The average Bonchev–Trinajstić information content (AvgIpc) is 2.46. The average molecular weight is 246 g/mol. The van der Waals surface area contributed by atoms with Crippen molar-refractivity contribution >= 4 is 0 Å². The maximum Gasteiger partial charge on any atom is 0.0605 e. The minimum absolute atomic E-state index is 0.135. The lowest BCUT2D eigenvalue weighted by molar-refractivity contribution is 0.228. The van der Waals surface area contributed by atoms with E-state index in [1.54, 1.807) is 0 Å². The monoisotopic (exact) mass is 246 g/mol. The summed E-state index contributed by atoms with van der Waals surface area (Å²) in [5.74, 6) is 1.51. The van der Waals surface area contributed by atoms with Crippen LogP contribution in [0.4, 0.5) is 0 Å². The number of hydrogen-bond donors (Lipinski definition) is 1. The van der Waals surface area contributed by atoms with Gasteiger partial charge in [0.05, 0.1) is 11.7 Å². The Balaban J connectivity index is 2.12. The maximum atomic E-state index is 6.50. The summed E-state index contributed by atoms with van der Waals surface area (Å²) in [6, 6.07) is 4.32. The van der Waals surface area contributed by atoms with Crippen LogP contribution in [-0.4, -0.2) is 4.98 Å². The molecule has 0 radical (unpaired) electrons. The molecular weight excluding hydrogens is 220 g/mol. The van der Waals surface area contributed by atoms with Gasteiger partial charge in [0.1, 0.15) is 0 Å². The van der Waals surface area contributed by atoms with Gasteiger partial charge >= 0.3 is 0 Å². The molecule has 1 aromatic heterocycles. The molecule has 1 aliphatic carbocycles. The second-order valence-corrected chi connectivity index (χ2v) is 5.63. The highest BCUT2D eigenvalue weighted by Crippen LogP contribution is 2.37. The zero-order valence-electron chi connectivity index (χ0n) is 11.7. The number of aryl methyl sites for hydroxylation is 1. The highest BCUT2D eigenvalue weighted by molar-refractivity contribution is 5.23. The van der Waals surface area contributed by atoms with Crippen LogP contribution in [-0.2, 0) is 6.42 Å². The summed E-state index contributed by atoms with van der Waals surface area (Å²) >= 11 is 0. The quantitative estimate of drug-likeness (QED) is 0.876. The fourth-order valence-corrected chi connectivity index (χ4v) is 3.30. The molecule has 1 heterocycles. The molecule has 0 spiro atoms. The van der Waals surface area contributed by atoms with Gasteiger partial charge in [-0.1, -0.05) is 39.2 Å². The lowest BCUT2D eigenvalue weighted by Crippen LogP contribution is -2.28. The first-order valence-corrected chi connectivity index (χ1v) is 7.45. The van der Waals surface area contributed by atoms with Crippen LogP contribution in [0.2, 0.25) is 0 Å². The summed E-state index contributed by atoms with van der Waals surface area (Å²) < 4.78 is 0. The van der Waals surface area contributed by atoms with E-state index in [1.165, 1.54) is 37.7 Å². The Morgan fingerprint density at radius 1 is 1.39 bits per heavy atom.